The number of aryl methyl sites for hydroxylation is 1. The van der Waals surface area contributed by atoms with E-state index in [9.17, 15) is 0 Å². The summed E-state index contributed by atoms with van der Waals surface area (Å²) < 4.78 is 1.30. The van der Waals surface area contributed by atoms with Crippen LogP contribution >= 0.6 is 11.3 Å². The Hall–Kier alpha value is -0.890. The predicted molar refractivity (Wildman–Crippen MR) is 58.4 cm³/mol. The second-order valence-corrected chi connectivity index (χ2v) is 4.57. The van der Waals surface area contributed by atoms with Crippen molar-refractivity contribution in [3.8, 4) is 0 Å². The lowest BCUT2D eigenvalue weighted by Gasteiger charge is -2.08. The van der Waals surface area contributed by atoms with Gasteiger partial charge in [0.2, 0.25) is 0 Å². The molecule has 0 atom stereocenters. The SMILES string of the molecule is Cc1nc2ccsc2cc1C(C)C. The monoisotopic (exact) mass is 191 g/mol. The summed E-state index contributed by atoms with van der Waals surface area (Å²) in [6, 6.07) is 4.35. The Bertz CT molecular complexity index is 429. The maximum atomic E-state index is 4.57. The molecular weight excluding hydrogens is 178 g/mol. The average molecular weight is 191 g/mol. The molecule has 0 aliphatic heterocycles. The highest BCUT2D eigenvalue weighted by atomic mass is 32.1. The van der Waals surface area contributed by atoms with Crippen molar-refractivity contribution in [1.82, 2.24) is 4.98 Å². The highest BCUT2D eigenvalue weighted by molar-refractivity contribution is 7.17. The van der Waals surface area contributed by atoms with Gasteiger partial charge in [-0.2, -0.15) is 0 Å². The average Bonchev–Trinajstić information content (AvgIpc) is 2.48. The van der Waals surface area contributed by atoms with Crippen LogP contribution in [0.3, 0.4) is 0 Å². The lowest BCUT2D eigenvalue weighted by atomic mass is 10.0. The lowest BCUT2D eigenvalue weighted by molar-refractivity contribution is 0.848. The van der Waals surface area contributed by atoms with Gasteiger partial charge in [-0.25, -0.2) is 0 Å². The molecule has 0 radical (unpaired) electrons. The minimum atomic E-state index is 0.569. The standard InChI is InChI=1S/C11H13NS/c1-7(2)9-6-11-10(4-5-13-11)12-8(9)3/h4-7H,1-3H3. The summed E-state index contributed by atoms with van der Waals surface area (Å²) >= 11 is 1.77. The van der Waals surface area contributed by atoms with Crippen LogP contribution in [0.4, 0.5) is 0 Å². The zero-order valence-electron chi connectivity index (χ0n) is 8.16. The summed E-state index contributed by atoms with van der Waals surface area (Å²) in [5.74, 6) is 0.569. The molecular formula is C11H13NS. The van der Waals surface area contributed by atoms with E-state index in [4.69, 9.17) is 0 Å². The molecule has 2 aromatic rings. The summed E-state index contributed by atoms with van der Waals surface area (Å²) in [7, 11) is 0. The van der Waals surface area contributed by atoms with Crippen molar-refractivity contribution in [2.45, 2.75) is 26.7 Å². The Balaban J connectivity index is 2.69. The van der Waals surface area contributed by atoms with Crippen molar-refractivity contribution in [2.24, 2.45) is 0 Å². The van der Waals surface area contributed by atoms with Gasteiger partial charge >= 0.3 is 0 Å². The maximum absolute atomic E-state index is 4.57. The summed E-state index contributed by atoms with van der Waals surface area (Å²) in [4.78, 5) is 4.57. The van der Waals surface area contributed by atoms with Crippen molar-refractivity contribution in [2.75, 3.05) is 0 Å². The zero-order valence-corrected chi connectivity index (χ0v) is 8.98. The number of hydrogen-bond donors (Lipinski definition) is 0. The van der Waals surface area contributed by atoms with Crippen molar-refractivity contribution in [3.63, 3.8) is 0 Å². The van der Waals surface area contributed by atoms with E-state index < -0.39 is 0 Å². The Morgan fingerprint density at radius 2 is 2.15 bits per heavy atom. The first-order chi connectivity index (χ1) is 6.18. The molecule has 0 fully saturated rings. The van der Waals surface area contributed by atoms with Gasteiger partial charge in [0, 0.05) is 5.69 Å². The minimum absolute atomic E-state index is 0.569. The van der Waals surface area contributed by atoms with E-state index in [1.807, 2.05) is 0 Å². The third-order valence-corrected chi connectivity index (χ3v) is 3.14. The minimum Gasteiger partial charge on any atom is -0.252 e. The van der Waals surface area contributed by atoms with Gasteiger partial charge in [-0.15, -0.1) is 11.3 Å². The Morgan fingerprint density at radius 3 is 2.85 bits per heavy atom. The molecule has 2 rings (SSSR count). The van der Waals surface area contributed by atoms with E-state index in [0.717, 1.165) is 5.52 Å². The number of aromatic nitrogens is 1. The predicted octanol–water partition coefficient (Wildman–Crippen LogP) is 3.73. The van der Waals surface area contributed by atoms with Gasteiger partial charge in [0.1, 0.15) is 0 Å². The van der Waals surface area contributed by atoms with Crippen molar-refractivity contribution in [1.29, 1.82) is 0 Å². The third-order valence-electron chi connectivity index (χ3n) is 2.29. The van der Waals surface area contributed by atoms with E-state index in [-0.39, 0.29) is 0 Å². The first-order valence-corrected chi connectivity index (χ1v) is 5.41. The fourth-order valence-corrected chi connectivity index (χ4v) is 2.36. The van der Waals surface area contributed by atoms with E-state index in [2.05, 4.69) is 43.3 Å². The Kier molecular flexibility index (Phi) is 2.08. The number of fused-ring (bicyclic) bond motifs is 1. The number of hydrogen-bond acceptors (Lipinski definition) is 2. The van der Waals surface area contributed by atoms with Crippen LogP contribution < -0.4 is 0 Å². The highest BCUT2D eigenvalue weighted by Crippen LogP contribution is 2.25. The molecule has 0 unspecified atom stereocenters. The fourth-order valence-electron chi connectivity index (χ4n) is 1.59. The molecule has 0 saturated carbocycles. The van der Waals surface area contributed by atoms with Crippen LogP contribution in [-0.4, -0.2) is 4.98 Å². The second-order valence-electron chi connectivity index (χ2n) is 3.62. The normalized spacial score (nSPS) is 11.4. The van der Waals surface area contributed by atoms with Crippen molar-refractivity contribution in [3.05, 3.63) is 28.8 Å². The van der Waals surface area contributed by atoms with E-state index in [1.54, 1.807) is 11.3 Å². The molecule has 2 aromatic heterocycles. The van der Waals surface area contributed by atoms with Crippen molar-refractivity contribution < 1.29 is 0 Å². The van der Waals surface area contributed by atoms with Gasteiger partial charge in [-0.05, 0) is 35.9 Å². The molecule has 0 bridgehead atoms. The van der Waals surface area contributed by atoms with Gasteiger partial charge in [0.25, 0.3) is 0 Å². The molecule has 0 N–H and O–H groups in total. The first kappa shape index (κ1) is 8.70. The molecule has 2 heterocycles. The topological polar surface area (TPSA) is 12.9 Å². The molecule has 0 aromatic carbocycles. The van der Waals surface area contributed by atoms with Gasteiger partial charge in [-0.3, -0.25) is 4.98 Å². The molecule has 2 heteroatoms. The van der Waals surface area contributed by atoms with Crippen LogP contribution in [-0.2, 0) is 0 Å². The van der Waals surface area contributed by atoms with Crippen molar-refractivity contribution >= 4 is 21.6 Å². The summed E-state index contributed by atoms with van der Waals surface area (Å²) in [6.45, 7) is 6.51. The lowest BCUT2D eigenvalue weighted by Crippen LogP contribution is -1.94. The first-order valence-electron chi connectivity index (χ1n) is 4.53. The van der Waals surface area contributed by atoms with Gasteiger partial charge in [0.05, 0.1) is 10.2 Å². The molecule has 0 saturated heterocycles. The van der Waals surface area contributed by atoms with E-state index in [1.165, 1.54) is 16.0 Å². The maximum Gasteiger partial charge on any atom is 0.0813 e. The summed E-state index contributed by atoms with van der Waals surface area (Å²) in [5, 5.41) is 2.10. The number of rotatable bonds is 1. The molecule has 0 amide bonds. The molecule has 13 heavy (non-hydrogen) atoms. The van der Waals surface area contributed by atoms with E-state index in [0.29, 0.717) is 5.92 Å². The quantitative estimate of drug-likeness (QED) is 0.669. The van der Waals surface area contributed by atoms with Crippen LogP contribution in [0.5, 0.6) is 0 Å². The summed E-state index contributed by atoms with van der Waals surface area (Å²) in [5.41, 5.74) is 3.67. The van der Waals surface area contributed by atoms with Gasteiger partial charge < -0.3 is 0 Å². The molecule has 1 nitrogen and oxygen atoms in total. The Labute approximate surface area is 82.4 Å². The molecule has 0 aliphatic rings. The largest absolute Gasteiger partial charge is 0.252 e. The third kappa shape index (κ3) is 1.46. The van der Waals surface area contributed by atoms with E-state index >= 15 is 0 Å². The number of pyridine rings is 1. The Morgan fingerprint density at radius 1 is 1.38 bits per heavy atom. The second kappa shape index (κ2) is 3.11. The van der Waals surface area contributed by atoms with Gasteiger partial charge in [0.15, 0.2) is 0 Å². The molecule has 0 spiro atoms. The number of thiophene rings is 1. The van der Waals surface area contributed by atoms with Crippen LogP contribution in [0.1, 0.15) is 31.0 Å². The van der Waals surface area contributed by atoms with Crippen LogP contribution in [0.2, 0.25) is 0 Å². The molecule has 68 valence electrons. The molecule has 0 aliphatic carbocycles. The van der Waals surface area contributed by atoms with Crippen LogP contribution in [0.25, 0.3) is 10.2 Å². The smallest absolute Gasteiger partial charge is 0.0813 e. The fraction of sp³-hybridized carbons (Fsp3) is 0.364. The zero-order chi connectivity index (χ0) is 9.42. The van der Waals surface area contributed by atoms with Crippen LogP contribution in [0.15, 0.2) is 17.5 Å². The highest BCUT2D eigenvalue weighted by Gasteiger charge is 2.06. The summed E-state index contributed by atoms with van der Waals surface area (Å²) in [6.07, 6.45) is 0. The van der Waals surface area contributed by atoms with Gasteiger partial charge in [-0.1, -0.05) is 13.8 Å². The number of nitrogens with zero attached hydrogens (tertiary/aromatic N) is 1. The van der Waals surface area contributed by atoms with Crippen LogP contribution in [0, 0.1) is 6.92 Å².